The predicted octanol–water partition coefficient (Wildman–Crippen LogP) is 7.66. The topological polar surface area (TPSA) is 119 Å². The fourth-order valence-electron chi connectivity index (χ4n) is 3.93. The van der Waals surface area contributed by atoms with Crippen molar-refractivity contribution in [1.82, 2.24) is 0 Å². The van der Waals surface area contributed by atoms with Crippen LogP contribution in [0.15, 0.2) is 115 Å². The van der Waals surface area contributed by atoms with E-state index in [0.29, 0.717) is 73.4 Å². The van der Waals surface area contributed by atoms with Crippen molar-refractivity contribution in [2.75, 3.05) is 26.4 Å². The summed E-state index contributed by atoms with van der Waals surface area (Å²) in [4.78, 5) is 51.2. The lowest BCUT2D eigenvalue weighted by Gasteiger charge is -2.07. The third kappa shape index (κ3) is 14.9. The lowest BCUT2D eigenvalue weighted by atomic mass is 10.2. The van der Waals surface area contributed by atoms with Gasteiger partial charge in [0, 0.05) is 23.1 Å². The van der Waals surface area contributed by atoms with E-state index in [1.807, 2.05) is 12.1 Å². The Kier molecular flexibility index (Phi) is 16.9. The van der Waals surface area contributed by atoms with Gasteiger partial charge in [-0.15, -0.1) is 0 Å². The van der Waals surface area contributed by atoms with Crippen LogP contribution in [0.4, 0.5) is 0 Å². The summed E-state index contributed by atoms with van der Waals surface area (Å²) in [5.41, 5.74) is 1.41. The molecule has 0 saturated heterocycles. The number of hydrogen-bond donors (Lipinski definition) is 0. The molecule has 258 valence electrons. The first-order valence-electron chi connectivity index (χ1n) is 15.6. The fourth-order valence-corrected chi connectivity index (χ4v) is 4.63. The van der Waals surface area contributed by atoms with Crippen LogP contribution in [-0.4, -0.2) is 49.5 Å². The quantitative estimate of drug-likeness (QED) is 0.0291. The second-order valence-corrected chi connectivity index (χ2v) is 11.3. The molecule has 0 spiro atoms. The molecule has 0 bridgehead atoms. The standard InChI is InChI=1S/C39H37NO9S/c1-4-36(41)47-26-8-6-24-45-31-15-10-29(11-16-31)14-23-38(43)49-33-19-21-34(22-20-33)50-39(44)35(40-3)28-30-12-17-32(18-13-30)46-25-7-9-27-48-37(42)5-2/h4-5,10-23,28H,1-2,6-9,24-27H2/b23-14+,35-28-. The normalized spacial score (nSPS) is 10.8. The van der Waals surface area contributed by atoms with Gasteiger partial charge < -0.3 is 23.7 Å². The monoisotopic (exact) mass is 695 g/mol. The third-order valence-electron chi connectivity index (χ3n) is 6.49. The number of hydrogen-bond acceptors (Lipinski definition) is 10. The highest BCUT2D eigenvalue weighted by molar-refractivity contribution is 8.14. The summed E-state index contributed by atoms with van der Waals surface area (Å²) in [6, 6.07) is 20.6. The van der Waals surface area contributed by atoms with Crippen LogP contribution >= 0.6 is 11.8 Å². The van der Waals surface area contributed by atoms with Crippen LogP contribution in [0.1, 0.15) is 36.8 Å². The molecule has 0 atom stereocenters. The van der Waals surface area contributed by atoms with Gasteiger partial charge in [-0.1, -0.05) is 49.2 Å². The van der Waals surface area contributed by atoms with Crippen LogP contribution in [0.3, 0.4) is 0 Å². The molecular formula is C39H37NO9S. The Balaban J connectivity index is 1.40. The van der Waals surface area contributed by atoms with E-state index in [4.69, 9.17) is 30.3 Å². The minimum absolute atomic E-state index is 0.0401. The summed E-state index contributed by atoms with van der Waals surface area (Å²) in [6.07, 6.45) is 9.47. The zero-order valence-corrected chi connectivity index (χ0v) is 28.2. The number of nitrogens with zero attached hydrogens (tertiary/aromatic N) is 1. The summed E-state index contributed by atoms with van der Waals surface area (Å²) in [7, 11) is 0. The van der Waals surface area contributed by atoms with Gasteiger partial charge in [-0.25, -0.2) is 19.2 Å². The summed E-state index contributed by atoms with van der Waals surface area (Å²) < 4.78 is 26.6. The van der Waals surface area contributed by atoms with E-state index in [2.05, 4.69) is 18.0 Å². The first-order chi connectivity index (χ1) is 24.3. The lowest BCUT2D eigenvalue weighted by Crippen LogP contribution is -2.04. The van der Waals surface area contributed by atoms with Crippen molar-refractivity contribution in [1.29, 1.82) is 0 Å². The number of ether oxygens (including phenoxy) is 5. The third-order valence-corrected chi connectivity index (χ3v) is 7.40. The van der Waals surface area contributed by atoms with Gasteiger partial charge in [-0.05, 0) is 97.5 Å². The molecule has 0 saturated carbocycles. The minimum Gasteiger partial charge on any atom is -0.494 e. The van der Waals surface area contributed by atoms with Gasteiger partial charge in [0.1, 0.15) is 17.2 Å². The van der Waals surface area contributed by atoms with Crippen molar-refractivity contribution < 1.29 is 42.9 Å². The lowest BCUT2D eigenvalue weighted by molar-refractivity contribution is -0.138. The van der Waals surface area contributed by atoms with Crippen LogP contribution in [0.25, 0.3) is 17.0 Å². The molecule has 0 amide bonds. The maximum atomic E-state index is 12.8. The van der Waals surface area contributed by atoms with E-state index in [-0.39, 0.29) is 5.70 Å². The van der Waals surface area contributed by atoms with Crippen molar-refractivity contribution in [2.45, 2.75) is 30.6 Å². The van der Waals surface area contributed by atoms with Gasteiger partial charge in [0.15, 0.2) is 0 Å². The predicted molar refractivity (Wildman–Crippen MR) is 191 cm³/mol. The van der Waals surface area contributed by atoms with Gasteiger partial charge in [0.25, 0.3) is 0 Å². The van der Waals surface area contributed by atoms with E-state index in [0.717, 1.165) is 35.9 Å². The van der Waals surface area contributed by atoms with Crippen LogP contribution in [0.5, 0.6) is 17.2 Å². The Morgan fingerprint density at radius 1 is 0.640 bits per heavy atom. The molecule has 3 rings (SSSR count). The molecule has 10 nitrogen and oxygen atoms in total. The first-order valence-corrected chi connectivity index (χ1v) is 16.5. The van der Waals surface area contributed by atoms with Crippen molar-refractivity contribution in [3.63, 3.8) is 0 Å². The van der Waals surface area contributed by atoms with E-state index < -0.39 is 23.0 Å². The largest absolute Gasteiger partial charge is 0.494 e. The number of rotatable bonds is 20. The molecule has 0 N–H and O–H groups in total. The van der Waals surface area contributed by atoms with Crippen LogP contribution in [0, 0.1) is 6.57 Å². The zero-order chi connectivity index (χ0) is 36.0. The molecule has 0 heterocycles. The molecule has 0 aliphatic rings. The van der Waals surface area contributed by atoms with Crippen molar-refractivity contribution in [3.05, 3.63) is 132 Å². The molecule has 0 radical (unpaired) electrons. The SMILES string of the molecule is [C-]#[N+]/C(=C\c1ccc(OCCCCOC(=O)C=C)cc1)C(=O)Sc1ccc(OC(=O)/C=C/c2ccc(OCCCCOC(=O)C=C)cc2)cc1. The van der Waals surface area contributed by atoms with E-state index in [1.165, 1.54) is 12.2 Å². The number of benzene rings is 3. The number of carbonyl (C=O) groups excluding carboxylic acids is 4. The highest BCUT2D eigenvalue weighted by Gasteiger charge is 2.13. The number of esters is 3. The second kappa shape index (κ2) is 21.9. The highest BCUT2D eigenvalue weighted by atomic mass is 32.2. The van der Waals surface area contributed by atoms with Crippen molar-refractivity contribution >= 4 is 46.9 Å². The maximum Gasteiger partial charge on any atom is 0.336 e. The summed E-state index contributed by atoms with van der Waals surface area (Å²) in [5, 5.41) is -0.423. The average Bonchev–Trinajstić information content (AvgIpc) is 3.14. The Bertz CT molecular complexity index is 1700. The number of thioether (sulfide) groups is 1. The Morgan fingerprint density at radius 3 is 1.62 bits per heavy atom. The highest BCUT2D eigenvalue weighted by Crippen LogP contribution is 2.27. The van der Waals surface area contributed by atoms with Crippen LogP contribution in [0.2, 0.25) is 0 Å². The molecule has 3 aromatic carbocycles. The summed E-state index contributed by atoms with van der Waals surface area (Å²) in [5.74, 6) is 0.165. The van der Waals surface area contributed by atoms with Gasteiger partial charge in [-0.3, -0.25) is 4.79 Å². The van der Waals surface area contributed by atoms with Crippen molar-refractivity contribution in [3.8, 4) is 17.2 Å². The maximum absolute atomic E-state index is 12.8. The molecule has 0 fully saturated rings. The molecule has 11 heteroatoms. The first kappa shape index (κ1) is 38.6. The molecular weight excluding hydrogens is 658 g/mol. The van der Waals surface area contributed by atoms with Gasteiger partial charge in [-0.2, -0.15) is 0 Å². The van der Waals surface area contributed by atoms with Gasteiger partial charge >= 0.3 is 17.9 Å². The van der Waals surface area contributed by atoms with Crippen LogP contribution in [-0.2, 0) is 28.7 Å². The van der Waals surface area contributed by atoms with E-state index in [9.17, 15) is 19.2 Å². The zero-order valence-electron chi connectivity index (χ0n) is 27.4. The molecule has 3 aromatic rings. The number of unbranched alkanes of at least 4 members (excludes halogenated alkanes) is 2. The molecule has 0 aromatic heterocycles. The second-order valence-electron chi connectivity index (χ2n) is 10.2. The molecule has 50 heavy (non-hydrogen) atoms. The summed E-state index contributed by atoms with van der Waals surface area (Å²) >= 11 is 0.897. The van der Waals surface area contributed by atoms with Gasteiger partial charge in [0.2, 0.25) is 10.8 Å². The average molecular weight is 696 g/mol. The Morgan fingerprint density at radius 2 is 1.12 bits per heavy atom. The molecule has 0 aliphatic carbocycles. The smallest absolute Gasteiger partial charge is 0.336 e. The van der Waals surface area contributed by atoms with E-state index >= 15 is 0 Å². The van der Waals surface area contributed by atoms with Crippen LogP contribution < -0.4 is 14.2 Å². The number of carbonyl (C=O) groups is 4. The Hall–Kier alpha value is -5.86. The van der Waals surface area contributed by atoms with Crippen molar-refractivity contribution in [2.24, 2.45) is 0 Å². The van der Waals surface area contributed by atoms with E-state index in [1.54, 1.807) is 66.7 Å². The summed E-state index contributed by atoms with van der Waals surface area (Å²) in [6.45, 7) is 15.7. The fraction of sp³-hybridized carbons (Fsp3) is 0.205. The van der Waals surface area contributed by atoms with Gasteiger partial charge in [0.05, 0.1) is 33.0 Å². The minimum atomic E-state index is -0.569. The molecule has 0 unspecified atom stereocenters. The Labute approximate surface area is 295 Å². The molecule has 0 aliphatic heterocycles.